The number of benzene rings is 3. The highest BCUT2D eigenvalue weighted by atomic mass is 35.5. The quantitative estimate of drug-likeness (QED) is 0.222. The molecule has 0 saturated heterocycles. The van der Waals surface area contributed by atoms with Crippen LogP contribution in [0, 0.1) is 6.92 Å². The highest BCUT2D eigenvalue weighted by Gasteiger charge is 2.40. The van der Waals surface area contributed by atoms with Crippen molar-refractivity contribution in [3.05, 3.63) is 94.1 Å². The van der Waals surface area contributed by atoms with Crippen molar-refractivity contribution in [3.8, 4) is 5.75 Å². The number of nitrogens with one attached hydrogen (secondary N) is 1. The molecule has 3 N–H and O–H groups in total. The fraction of sp³-hybridized carbons (Fsp3) is 0.0769. The number of nitrogens with zero attached hydrogens (tertiary/aromatic N) is 1. The summed E-state index contributed by atoms with van der Waals surface area (Å²) in [6.45, 7) is 1.87. The fourth-order valence-electron chi connectivity index (χ4n) is 3.53. The molecule has 0 radical (unpaired) electrons. The molecule has 0 atom stereocenters. The molecule has 0 aromatic heterocycles. The monoisotopic (exact) mass is 505 g/mol. The van der Waals surface area contributed by atoms with Crippen LogP contribution in [0.15, 0.2) is 77.5 Å². The first-order valence-electron chi connectivity index (χ1n) is 10.6. The Morgan fingerprint density at radius 3 is 2.31 bits per heavy atom. The second-order valence-electron chi connectivity index (χ2n) is 7.78. The number of carbonyl (C=O) groups excluding carboxylic acids is 4. The van der Waals surface area contributed by atoms with Crippen molar-refractivity contribution in [2.45, 2.75) is 6.92 Å². The third kappa shape index (κ3) is 4.64. The van der Waals surface area contributed by atoms with Crippen LogP contribution in [0.4, 0.5) is 17.1 Å². The summed E-state index contributed by atoms with van der Waals surface area (Å²) < 4.78 is 10.1. The molecule has 9 nitrogen and oxygen atoms in total. The molecule has 36 heavy (non-hydrogen) atoms. The van der Waals surface area contributed by atoms with E-state index < -0.39 is 23.8 Å². The van der Waals surface area contributed by atoms with Gasteiger partial charge in [-0.2, -0.15) is 0 Å². The number of aryl methyl sites for hydroxylation is 1. The Morgan fingerprint density at radius 2 is 1.64 bits per heavy atom. The van der Waals surface area contributed by atoms with Crippen molar-refractivity contribution < 1.29 is 28.7 Å². The summed E-state index contributed by atoms with van der Waals surface area (Å²) >= 11 is 6.18. The second-order valence-corrected chi connectivity index (χ2v) is 8.15. The van der Waals surface area contributed by atoms with Crippen LogP contribution in [0.2, 0.25) is 0 Å². The van der Waals surface area contributed by atoms with Gasteiger partial charge in [-0.05, 0) is 61.0 Å². The summed E-state index contributed by atoms with van der Waals surface area (Å²) in [5, 5.41) is 2.46. The molecule has 1 heterocycles. The molecule has 3 aromatic carbocycles. The SMILES string of the molecule is COC(=O)c1ccccc1N1C(=O)C(Cl)=C(Nc2ccc(C(=O)Oc3ccc(C)cc3N)cc2)C1=O. The van der Waals surface area contributed by atoms with Gasteiger partial charge in [0.1, 0.15) is 10.7 Å². The molecule has 0 bridgehead atoms. The lowest BCUT2D eigenvalue weighted by Crippen LogP contribution is -2.33. The Kier molecular flexibility index (Phi) is 6.75. The number of carbonyl (C=O) groups is 4. The second kappa shape index (κ2) is 9.93. The highest BCUT2D eigenvalue weighted by Crippen LogP contribution is 2.32. The Bertz CT molecular complexity index is 1430. The molecule has 0 aliphatic carbocycles. The maximum Gasteiger partial charge on any atom is 0.343 e. The first kappa shape index (κ1) is 24.5. The van der Waals surface area contributed by atoms with Gasteiger partial charge in [0.25, 0.3) is 11.8 Å². The van der Waals surface area contributed by atoms with Gasteiger partial charge in [0.05, 0.1) is 29.6 Å². The highest BCUT2D eigenvalue weighted by molar-refractivity contribution is 6.53. The molecule has 0 unspecified atom stereocenters. The van der Waals surface area contributed by atoms with Crippen molar-refractivity contribution in [2.75, 3.05) is 23.1 Å². The zero-order valence-corrected chi connectivity index (χ0v) is 20.0. The van der Waals surface area contributed by atoms with Gasteiger partial charge in [-0.15, -0.1) is 0 Å². The number of hydrogen-bond acceptors (Lipinski definition) is 8. The van der Waals surface area contributed by atoms with E-state index in [4.69, 9.17) is 26.8 Å². The summed E-state index contributed by atoms with van der Waals surface area (Å²) in [4.78, 5) is 51.3. The summed E-state index contributed by atoms with van der Waals surface area (Å²) in [7, 11) is 1.19. The molecule has 182 valence electrons. The molecule has 4 rings (SSSR count). The van der Waals surface area contributed by atoms with E-state index in [1.165, 1.54) is 43.5 Å². The van der Waals surface area contributed by atoms with E-state index in [0.29, 0.717) is 11.4 Å². The minimum atomic E-state index is -0.795. The number of esters is 2. The smallest absolute Gasteiger partial charge is 0.343 e. The summed E-state index contributed by atoms with van der Waals surface area (Å²) in [5.41, 5.74) is 7.69. The van der Waals surface area contributed by atoms with E-state index in [0.717, 1.165) is 10.5 Å². The van der Waals surface area contributed by atoms with Gasteiger partial charge in [-0.1, -0.05) is 29.8 Å². The normalized spacial score (nSPS) is 13.1. The number of nitrogen functional groups attached to an aromatic ring is 1. The number of hydrogen-bond donors (Lipinski definition) is 2. The van der Waals surface area contributed by atoms with Gasteiger partial charge in [0, 0.05) is 5.69 Å². The number of methoxy groups -OCH3 is 1. The molecular weight excluding hydrogens is 486 g/mol. The fourth-order valence-corrected chi connectivity index (χ4v) is 3.75. The van der Waals surface area contributed by atoms with Crippen molar-refractivity contribution in [1.82, 2.24) is 0 Å². The van der Waals surface area contributed by atoms with Crippen LogP contribution >= 0.6 is 11.6 Å². The zero-order valence-electron chi connectivity index (χ0n) is 19.2. The average molecular weight is 506 g/mol. The van der Waals surface area contributed by atoms with Crippen molar-refractivity contribution in [1.29, 1.82) is 0 Å². The molecule has 0 saturated carbocycles. The van der Waals surface area contributed by atoms with E-state index in [-0.39, 0.29) is 33.3 Å². The minimum absolute atomic E-state index is 0.0319. The Hall–Kier alpha value is -4.63. The lowest BCUT2D eigenvalue weighted by molar-refractivity contribution is -0.120. The van der Waals surface area contributed by atoms with Crippen LogP contribution in [0.1, 0.15) is 26.3 Å². The van der Waals surface area contributed by atoms with Gasteiger partial charge < -0.3 is 20.5 Å². The van der Waals surface area contributed by atoms with Crippen LogP contribution in [0.5, 0.6) is 5.75 Å². The number of para-hydroxylation sites is 1. The molecule has 0 spiro atoms. The predicted octanol–water partition coefficient (Wildman–Crippen LogP) is 4.02. The maximum absolute atomic E-state index is 13.1. The number of nitrogens with two attached hydrogens (primary N) is 1. The Morgan fingerprint density at radius 1 is 0.944 bits per heavy atom. The molecular formula is C26H20ClN3O6. The van der Waals surface area contributed by atoms with E-state index in [2.05, 4.69) is 5.32 Å². The summed E-state index contributed by atoms with van der Waals surface area (Å²) in [5.74, 6) is -2.63. The molecule has 0 fully saturated rings. The zero-order chi connectivity index (χ0) is 26.0. The van der Waals surface area contributed by atoms with Crippen molar-refractivity contribution in [3.63, 3.8) is 0 Å². The number of anilines is 3. The lowest BCUT2D eigenvalue weighted by Gasteiger charge is -2.17. The molecule has 3 aromatic rings. The van der Waals surface area contributed by atoms with Crippen LogP contribution < -0.4 is 20.7 Å². The van der Waals surface area contributed by atoms with E-state index in [9.17, 15) is 19.2 Å². The largest absolute Gasteiger partial charge is 0.465 e. The first-order chi connectivity index (χ1) is 17.2. The Balaban J connectivity index is 1.52. The third-order valence-corrected chi connectivity index (χ3v) is 5.69. The lowest BCUT2D eigenvalue weighted by atomic mass is 10.1. The van der Waals surface area contributed by atoms with Crippen LogP contribution in [0.3, 0.4) is 0 Å². The third-order valence-electron chi connectivity index (χ3n) is 5.34. The van der Waals surface area contributed by atoms with Crippen LogP contribution in [-0.2, 0) is 14.3 Å². The summed E-state index contributed by atoms with van der Waals surface area (Å²) in [6, 6.07) is 17.1. The van der Waals surface area contributed by atoms with Crippen molar-refractivity contribution >= 4 is 52.4 Å². The topological polar surface area (TPSA) is 128 Å². The molecule has 1 aliphatic heterocycles. The van der Waals surface area contributed by atoms with Crippen LogP contribution in [-0.4, -0.2) is 30.9 Å². The Labute approximate surface area is 211 Å². The number of rotatable bonds is 6. The van der Waals surface area contributed by atoms with Gasteiger partial charge in [0.15, 0.2) is 5.75 Å². The number of imide groups is 1. The van der Waals surface area contributed by atoms with E-state index >= 15 is 0 Å². The first-order valence-corrected chi connectivity index (χ1v) is 11.0. The molecule has 2 amide bonds. The minimum Gasteiger partial charge on any atom is -0.465 e. The maximum atomic E-state index is 13.1. The number of ether oxygens (including phenoxy) is 2. The van der Waals surface area contributed by atoms with Crippen molar-refractivity contribution in [2.24, 2.45) is 0 Å². The van der Waals surface area contributed by atoms with E-state index in [1.807, 2.05) is 6.92 Å². The molecule has 1 aliphatic rings. The van der Waals surface area contributed by atoms with Crippen LogP contribution in [0.25, 0.3) is 0 Å². The van der Waals surface area contributed by atoms with Gasteiger partial charge >= 0.3 is 11.9 Å². The number of amides is 2. The number of halogens is 1. The molecule has 10 heteroatoms. The standard InChI is InChI=1S/C26H20ClN3O6/c1-14-7-12-20(18(28)13-14)36-25(33)15-8-10-16(11-9-15)29-22-21(27)23(31)30(24(22)32)19-6-4-3-5-17(19)26(34)35-2/h3-13,29H,28H2,1-2H3. The average Bonchev–Trinajstić information content (AvgIpc) is 3.08. The van der Waals surface area contributed by atoms with E-state index in [1.54, 1.807) is 30.3 Å². The van der Waals surface area contributed by atoms with Gasteiger partial charge in [-0.25, -0.2) is 14.5 Å². The van der Waals surface area contributed by atoms with Gasteiger partial charge in [-0.3, -0.25) is 9.59 Å². The summed E-state index contributed by atoms with van der Waals surface area (Å²) in [6.07, 6.45) is 0. The predicted molar refractivity (Wildman–Crippen MR) is 134 cm³/mol. The van der Waals surface area contributed by atoms with Gasteiger partial charge in [0.2, 0.25) is 0 Å².